The first-order chi connectivity index (χ1) is 7.85. The first-order valence-corrected chi connectivity index (χ1v) is 5.92. The van der Waals surface area contributed by atoms with Crippen LogP contribution in [0.1, 0.15) is 43.9 Å². The van der Waals surface area contributed by atoms with E-state index in [1.807, 2.05) is 26.8 Å². The largest absolute Gasteiger partial charge is 0.379 e. The van der Waals surface area contributed by atoms with Gasteiger partial charge in [-0.3, -0.25) is 0 Å². The predicted octanol–water partition coefficient (Wildman–Crippen LogP) is 3.34. The van der Waals surface area contributed by atoms with Crippen LogP contribution in [0.4, 0.5) is 4.39 Å². The van der Waals surface area contributed by atoms with Crippen LogP contribution in [0.3, 0.4) is 0 Å². The first kappa shape index (κ1) is 14.1. The van der Waals surface area contributed by atoms with Crippen LogP contribution >= 0.6 is 0 Å². The van der Waals surface area contributed by atoms with Crippen molar-refractivity contribution in [2.24, 2.45) is 5.73 Å². The van der Waals surface area contributed by atoms with Crippen molar-refractivity contribution in [2.75, 3.05) is 7.11 Å². The van der Waals surface area contributed by atoms with Crippen LogP contribution in [0.15, 0.2) is 18.2 Å². The summed E-state index contributed by atoms with van der Waals surface area (Å²) in [4.78, 5) is 0. The molecule has 1 unspecified atom stereocenters. The van der Waals surface area contributed by atoms with Gasteiger partial charge in [0.15, 0.2) is 0 Å². The summed E-state index contributed by atoms with van der Waals surface area (Å²) in [5.41, 5.74) is 7.30. The molecule has 1 aromatic carbocycles. The molecule has 1 rings (SSSR count). The maximum absolute atomic E-state index is 13.7. The van der Waals surface area contributed by atoms with Gasteiger partial charge in [-0.2, -0.15) is 0 Å². The van der Waals surface area contributed by atoms with Crippen molar-refractivity contribution in [3.8, 4) is 0 Å². The van der Waals surface area contributed by atoms with Crippen molar-refractivity contribution in [3.05, 3.63) is 35.1 Å². The van der Waals surface area contributed by atoms with Gasteiger partial charge in [-0.1, -0.05) is 12.1 Å². The molecule has 0 spiro atoms. The smallest absolute Gasteiger partial charge is 0.128 e. The number of ether oxygens (including phenoxy) is 1. The molecule has 96 valence electrons. The molecule has 3 heteroatoms. The van der Waals surface area contributed by atoms with Gasteiger partial charge in [-0.05, 0) is 45.2 Å². The highest BCUT2D eigenvalue weighted by Crippen LogP contribution is 2.24. The van der Waals surface area contributed by atoms with Gasteiger partial charge in [0.05, 0.1) is 5.60 Å². The minimum atomic E-state index is -0.273. The fraction of sp³-hybridized carbons (Fsp3) is 0.571. The molecule has 0 amide bonds. The monoisotopic (exact) mass is 239 g/mol. The summed E-state index contributed by atoms with van der Waals surface area (Å²) in [6.07, 6.45) is 1.51. The Balaban J connectivity index is 2.67. The van der Waals surface area contributed by atoms with Crippen molar-refractivity contribution < 1.29 is 9.13 Å². The second-order valence-electron chi connectivity index (χ2n) is 5.13. The quantitative estimate of drug-likeness (QED) is 0.855. The van der Waals surface area contributed by atoms with Gasteiger partial charge < -0.3 is 10.5 Å². The van der Waals surface area contributed by atoms with E-state index in [1.54, 1.807) is 13.2 Å². The molecule has 0 aliphatic carbocycles. The van der Waals surface area contributed by atoms with Crippen molar-refractivity contribution in [3.63, 3.8) is 0 Å². The Morgan fingerprint density at radius 3 is 2.59 bits per heavy atom. The Hall–Kier alpha value is -0.930. The second kappa shape index (κ2) is 5.61. The molecule has 0 aromatic heterocycles. The van der Waals surface area contributed by atoms with E-state index in [4.69, 9.17) is 10.5 Å². The topological polar surface area (TPSA) is 35.2 Å². The summed E-state index contributed by atoms with van der Waals surface area (Å²) in [5.74, 6) is -0.215. The fourth-order valence-electron chi connectivity index (χ4n) is 1.69. The zero-order chi connectivity index (χ0) is 13.1. The number of benzene rings is 1. The molecule has 0 saturated heterocycles. The van der Waals surface area contributed by atoms with Gasteiger partial charge in [0.25, 0.3) is 0 Å². The molecular weight excluding hydrogens is 217 g/mol. The molecule has 0 saturated carbocycles. The Kier molecular flexibility index (Phi) is 4.66. The zero-order valence-corrected chi connectivity index (χ0v) is 11.1. The maximum Gasteiger partial charge on any atom is 0.128 e. The highest BCUT2D eigenvalue weighted by atomic mass is 19.1. The SMILES string of the molecule is COC(C)(C)CCC(N)c1ccc(C)cc1F. The van der Waals surface area contributed by atoms with Crippen LogP contribution in [0.25, 0.3) is 0 Å². The number of halogens is 1. The maximum atomic E-state index is 13.7. The average molecular weight is 239 g/mol. The number of nitrogens with two attached hydrogens (primary N) is 1. The molecule has 0 heterocycles. The third-order valence-electron chi connectivity index (χ3n) is 3.17. The van der Waals surface area contributed by atoms with Crippen LogP contribution < -0.4 is 5.73 Å². The molecule has 17 heavy (non-hydrogen) atoms. The minimum Gasteiger partial charge on any atom is -0.379 e. The lowest BCUT2D eigenvalue weighted by Gasteiger charge is -2.24. The molecule has 0 aliphatic rings. The van der Waals surface area contributed by atoms with Gasteiger partial charge in [-0.15, -0.1) is 0 Å². The lowest BCUT2D eigenvalue weighted by atomic mass is 9.95. The number of hydrogen-bond acceptors (Lipinski definition) is 2. The molecule has 1 aromatic rings. The van der Waals surface area contributed by atoms with Gasteiger partial charge in [0.1, 0.15) is 5.82 Å². The fourth-order valence-corrected chi connectivity index (χ4v) is 1.69. The zero-order valence-electron chi connectivity index (χ0n) is 11.1. The molecule has 0 radical (unpaired) electrons. The molecule has 0 aliphatic heterocycles. The van der Waals surface area contributed by atoms with E-state index in [0.717, 1.165) is 12.0 Å². The van der Waals surface area contributed by atoms with Gasteiger partial charge in [0.2, 0.25) is 0 Å². The van der Waals surface area contributed by atoms with Gasteiger partial charge in [-0.25, -0.2) is 4.39 Å². The normalized spacial score (nSPS) is 13.8. The molecule has 2 N–H and O–H groups in total. The third-order valence-corrected chi connectivity index (χ3v) is 3.17. The van der Waals surface area contributed by atoms with E-state index >= 15 is 0 Å². The molecule has 2 nitrogen and oxygen atoms in total. The summed E-state index contributed by atoms with van der Waals surface area (Å²) in [5, 5.41) is 0. The van der Waals surface area contributed by atoms with Crippen molar-refractivity contribution in [1.29, 1.82) is 0 Å². The van der Waals surface area contributed by atoms with Crippen LogP contribution in [-0.2, 0) is 4.74 Å². The standard InChI is InChI=1S/C14H22FNO/c1-10-5-6-11(12(15)9-10)13(16)7-8-14(2,3)17-4/h5-6,9,13H,7-8,16H2,1-4H3. The number of rotatable bonds is 5. The number of methoxy groups -OCH3 is 1. The van der Waals surface area contributed by atoms with E-state index in [9.17, 15) is 4.39 Å². The summed E-state index contributed by atoms with van der Waals surface area (Å²) in [7, 11) is 1.68. The van der Waals surface area contributed by atoms with E-state index in [2.05, 4.69) is 0 Å². The summed E-state index contributed by atoms with van der Waals surface area (Å²) < 4.78 is 19.0. The van der Waals surface area contributed by atoms with Gasteiger partial charge in [0, 0.05) is 18.7 Å². The summed E-state index contributed by atoms with van der Waals surface area (Å²) in [6, 6.07) is 4.91. The Morgan fingerprint density at radius 1 is 1.41 bits per heavy atom. The van der Waals surface area contributed by atoms with Crippen LogP contribution in [-0.4, -0.2) is 12.7 Å². The highest BCUT2D eigenvalue weighted by Gasteiger charge is 2.19. The van der Waals surface area contributed by atoms with Crippen LogP contribution in [0.5, 0.6) is 0 Å². The molecule has 0 bridgehead atoms. The summed E-state index contributed by atoms with van der Waals surface area (Å²) >= 11 is 0. The van der Waals surface area contributed by atoms with Crippen molar-refractivity contribution >= 4 is 0 Å². The van der Waals surface area contributed by atoms with Gasteiger partial charge >= 0.3 is 0 Å². The molecular formula is C14H22FNO. The van der Waals surface area contributed by atoms with Crippen molar-refractivity contribution in [2.45, 2.75) is 45.3 Å². The van der Waals surface area contributed by atoms with E-state index in [0.29, 0.717) is 12.0 Å². The van der Waals surface area contributed by atoms with Crippen LogP contribution in [0, 0.1) is 12.7 Å². The predicted molar refractivity (Wildman–Crippen MR) is 68.4 cm³/mol. The Bertz CT molecular complexity index is 376. The Labute approximate surface area is 103 Å². The summed E-state index contributed by atoms with van der Waals surface area (Å²) in [6.45, 7) is 5.88. The number of hydrogen-bond donors (Lipinski definition) is 1. The third kappa shape index (κ3) is 4.10. The van der Waals surface area contributed by atoms with E-state index < -0.39 is 0 Å². The van der Waals surface area contributed by atoms with E-state index in [-0.39, 0.29) is 17.5 Å². The Morgan fingerprint density at radius 2 is 2.06 bits per heavy atom. The molecule has 1 atom stereocenters. The average Bonchev–Trinajstić information content (AvgIpc) is 2.26. The van der Waals surface area contributed by atoms with Crippen molar-refractivity contribution in [1.82, 2.24) is 0 Å². The highest BCUT2D eigenvalue weighted by molar-refractivity contribution is 5.25. The minimum absolute atomic E-state index is 0.210. The lowest BCUT2D eigenvalue weighted by Crippen LogP contribution is -2.25. The number of aryl methyl sites for hydroxylation is 1. The van der Waals surface area contributed by atoms with E-state index in [1.165, 1.54) is 6.07 Å². The van der Waals surface area contributed by atoms with Crippen LogP contribution in [0.2, 0.25) is 0 Å². The first-order valence-electron chi connectivity index (χ1n) is 5.92. The second-order valence-corrected chi connectivity index (χ2v) is 5.13. The molecule has 0 fully saturated rings. The lowest BCUT2D eigenvalue weighted by molar-refractivity contribution is 0.0124.